The van der Waals surface area contributed by atoms with Crippen LogP contribution in [0.15, 0.2) is 21.5 Å². The smallest absolute Gasteiger partial charge is 0.408 e. The molecule has 25 heavy (non-hydrogen) atoms. The highest BCUT2D eigenvalue weighted by molar-refractivity contribution is 9.10. The molecule has 0 aliphatic heterocycles. The van der Waals surface area contributed by atoms with Crippen molar-refractivity contribution in [3.63, 3.8) is 0 Å². The van der Waals surface area contributed by atoms with E-state index >= 15 is 0 Å². The van der Waals surface area contributed by atoms with Gasteiger partial charge in [-0.15, -0.1) is 0 Å². The molecule has 1 aliphatic carbocycles. The third-order valence-corrected chi connectivity index (χ3v) is 4.87. The van der Waals surface area contributed by atoms with Gasteiger partial charge in [0.1, 0.15) is 11.4 Å². The molecule has 1 aromatic heterocycles. The van der Waals surface area contributed by atoms with Crippen LogP contribution in [0.25, 0.3) is 0 Å². The van der Waals surface area contributed by atoms with E-state index in [2.05, 4.69) is 21.2 Å². The zero-order valence-electron chi connectivity index (χ0n) is 15.5. The summed E-state index contributed by atoms with van der Waals surface area (Å²) in [4.78, 5) is 23.8. The number of nitrogens with one attached hydrogen (secondary N) is 1. The van der Waals surface area contributed by atoms with Crippen LogP contribution in [-0.2, 0) is 11.8 Å². The number of hydrogen-bond acceptors (Lipinski definition) is 4. The first-order valence-corrected chi connectivity index (χ1v) is 9.31. The molecule has 1 fully saturated rings. The van der Waals surface area contributed by atoms with Gasteiger partial charge >= 0.3 is 6.09 Å². The van der Waals surface area contributed by atoms with Gasteiger partial charge in [0.25, 0.3) is 5.56 Å². The Hall–Kier alpha value is -1.50. The van der Waals surface area contributed by atoms with E-state index in [-0.39, 0.29) is 23.3 Å². The third-order valence-electron chi connectivity index (χ3n) is 4.28. The topological polar surface area (TPSA) is 69.6 Å². The third kappa shape index (κ3) is 5.76. The zero-order valence-corrected chi connectivity index (χ0v) is 17.1. The minimum absolute atomic E-state index is 0.0249. The number of ether oxygens (including phenoxy) is 2. The maximum Gasteiger partial charge on any atom is 0.408 e. The van der Waals surface area contributed by atoms with E-state index < -0.39 is 5.60 Å². The molecule has 2 rings (SSSR count). The lowest BCUT2D eigenvalue weighted by Gasteiger charge is -2.38. The molecular formula is C18H27BrN2O4. The van der Waals surface area contributed by atoms with Crippen LogP contribution in [0, 0.1) is 0 Å². The molecule has 0 saturated heterocycles. The lowest BCUT2D eigenvalue weighted by Crippen LogP contribution is -2.51. The number of aryl methyl sites for hydroxylation is 1. The second-order valence-electron chi connectivity index (χ2n) is 7.94. The number of nitrogens with zero attached hydrogens (tertiary/aromatic N) is 1. The van der Waals surface area contributed by atoms with Crippen LogP contribution in [0.4, 0.5) is 4.79 Å². The average molecular weight is 415 g/mol. The number of hydrogen-bond donors (Lipinski definition) is 1. The zero-order chi connectivity index (χ0) is 18.8. The predicted octanol–water partition coefficient (Wildman–Crippen LogP) is 3.75. The molecule has 7 heteroatoms. The highest BCUT2D eigenvalue weighted by Crippen LogP contribution is 2.32. The minimum Gasteiger partial charge on any atom is -0.489 e. The van der Waals surface area contributed by atoms with Crippen molar-refractivity contribution in [2.75, 3.05) is 0 Å². The van der Waals surface area contributed by atoms with Crippen LogP contribution in [0.2, 0.25) is 0 Å². The Balaban J connectivity index is 1.92. The molecule has 6 nitrogen and oxygen atoms in total. The van der Waals surface area contributed by atoms with Crippen LogP contribution in [-0.4, -0.2) is 27.9 Å². The molecule has 1 aliphatic rings. The molecule has 0 bridgehead atoms. The summed E-state index contributed by atoms with van der Waals surface area (Å²) in [5, 5.41) is 2.98. The van der Waals surface area contributed by atoms with Crippen molar-refractivity contribution in [1.82, 2.24) is 9.88 Å². The molecule has 1 saturated carbocycles. The highest BCUT2D eigenvalue weighted by atomic mass is 79.9. The first kappa shape index (κ1) is 19.8. The van der Waals surface area contributed by atoms with Gasteiger partial charge in [0.2, 0.25) is 0 Å². The van der Waals surface area contributed by atoms with E-state index in [0.29, 0.717) is 5.75 Å². The molecule has 0 radical (unpaired) electrons. The van der Waals surface area contributed by atoms with Crippen molar-refractivity contribution >= 4 is 22.0 Å². The summed E-state index contributed by atoms with van der Waals surface area (Å²) in [6.45, 7) is 7.58. The second kappa shape index (κ2) is 7.40. The highest BCUT2D eigenvalue weighted by Gasteiger charge is 2.34. The van der Waals surface area contributed by atoms with Gasteiger partial charge in [-0.2, -0.15) is 0 Å². The standard InChI is InChI=1S/C18H27BrN2O4/c1-17(2,3)25-16(23)20-18(4)8-6-12(7-9-18)24-14-10-15(22)21(5)11-13(14)19/h10-12H,6-9H2,1-5H3,(H,20,23). The lowest BCUT2D eigenvalue weighted by molar-refractivity contribution is 0.0387. The van der Waals surface area contributed by atoms with Gasteiger partial charge in [0.05, 0.1) is 10.6 Å². The van der Waals surface area contributed by atoms with E-state index in [1.807, 2.05) is 27.7 Å². The summed E-state index contributed by atoms with van der Waals surface area (Å²) in [7, 11) is 1.70. The van der Waals surface area contributed by atoms with Crippen molar-refractivity contribution < 1.29 is 14.3 Å². The molecule has 0 atom stereocenters. The number of amides is 1. The number of halogens is 1. The summed E-state index contributed by atoms with van der Waals surface area (Å²) < 4.78 is 13.6. The Kier molecular flexibility index (Phi) is 5.86. The Labute approximate surface area is 157 Å². The van der Waals surface area contributed by atoms with Crippen molar-refractivity contribution in [2.24, 2.45) is 7.05 Å². The van der Waals surface area contributed by atoms with Crippen LogP contribution in [0.5, 0.6) is 5.75 Å². The molecule has 0 spiro atoms. The van der Waals surface area contributed by atoms with Crippen LogP contribution in [0.1, 0.15) is 53.4 Å². The summed E-state index contributed by atoms with van der Waals surface area (Å²) in [5.74, 6) is 0.566. The Morgan fingerprint density at radius 2 is 1.96 bits per heavy atom. The Morgan fingerprint density at radius 3 is 2.52 bits per heavy atom. The summed E-state index contributed by atoms with van der Waals surface area (Å²) in [6, 6.07) is 1.50. The molecule has 1 heterocycles. The SMILES string of the molecule is Cn1cc(Br)c(OC2CCC(C)(NC(=O)OC(C)(C)C)CC2)cc1=O. The van der Waals surface area contributed by atoms with Gasteiger partial charge in [0, 0.05) is 24.8 Å². The van der Waals surface area contributed by atoms with Crippen LogP contribution < -0.4 is 15.6 Å². The van der Waals surface area contributed by atoms with Gasteiger partial charge in [0.15, 0.2) is 0 Å². The van der Waals surface area contributed by atoms with E-state index in [1.165, 1.54) is 10.6 Å². The number of carbonyl (C=O) groups is 1. The van der Waals surface area contributed by atoms with E-state index in [1.54, 1.807) is 13.2 Å². The number of aromatic nitrogens is 1. The second-order valence-corrected chi connectivity index (χ2v) is 8.79. The van der Waals surface area contributed by atoms with Gasteiger partial charge in [-0.05, 0) is 69.3 Å². The fourth-order valence-corrected chi connectivity index (χ4v) is 3.39. The fourth-order valence-electron chi connectivity index (χ4n) is 2.87. The summed E-state index contributed by atoms with van der Waals surface area (Å²) in [5.41, 5.74) is -0.913. The van der Waals surface area contributed by atoms with Gasteiger partial charge in [-0.3, -0.25) is 4.79 Å². The molecule has 140 valence electrons. The summed E-state index contributed by atoms with van der Waals surface area (Å²) in [6.07, 6.45) is 4.52. The quantitative estimate of drug-likeness (QED) is 0.817. The van der Waals surface area contributed by atoms with Crippen molar-refractivity contribution in [3.8, 4) is 5.75 Å². The van der Waals surface area contributed by atoms with Crippen molar-refractivity contribution in [3.05, 3.63) is 27.1 Å². The first-order valence-electron chi connectivity index (χ1n) is 8.51. The summed E-state index contributed by atoms with van der Waals surface area (Å²) >= 11 is 3.43. The first-order chi connectivity index (χ1) is 11.5. The molecule has 1 aromatic rings. The van der Waals surface area contributed by atoms with E-state index in [0.717, 1.165) is 30.2 Å². The van der Waals surface area contributed by atoms with Crippen LogP contribution in [0.3, 0.4) is 0 Å². The average Bonchev–Trinajstić information content (AvgIpc) is 2.45. The molecule has 0 unspecified atom stereocenters. The van der Waals surface area contributed by atoms with E-state index in [4.69, 9.17) is 9.47 Å². The van der Waals surface area contributed by atoms with Crippen molar-refractivity contribution in [1.29, 1.82) is 0 Å². The van der Waals surface area contributed by atoms with Crippen molar-refractivity contribution in [2.45, 2.75) is 70.6 Å². The monoisotopic (exact) mass is 414 g/mol. The normalized spacial score (nSPS) is 23.8. The van der Waals surface area contributed by atoms with Gasteiger partial charge < -0.3 is 19.4 Å². The number of pyridine rings is 1. The molecule has 0 aromatic carbocycles. The Bertz CT molecular complexity index is 685. The molecular weight excluding hydrogens is 388 g/mol. The maximum absolute atomic E-state index is 12.0. The van der Waals surface area contributed by atoms with Gasteiger partial charge in [-0.25, -0.2) is 4.79 Å². The largest absolute Gasteiger partial charge is 0.489 e. The maximum atomic E-state index is 12.0. The molecule has 1 N–H and O–H groups in total. The number of rotatable bonds is 3. The Morgan fingerprint density at radius 1 is 1.36 bits per heavy atom. The van der Waals surface area contributed by atoms with Crippen LogP contribution >= 0.6 is 15.9 Å². The predicted molar refractivity (Wildman–Crippen MR) is 100 cm³/mol. The number of carbonyl (C=O) groups excluding carboxylic acids is 1. The minimum atomic E-state index is -0.507. The molecule has 1 amide bonds. The van der Waals surface area contributed by atoms with E-state index in [9.17, 15) is 9.59 Å². The number of alkyl carbamates (subject to hydrolysis) is 1. The lowest BCUT2D eigenvalue weighted by atomic mass is 9.82. The fraction of sp³-hybridized carbons (Fsp3) is 0.667. The van der Waals surface area contributed by atoms with Gasteiger partial charge in [-0.1, -0.05) is 0 Å².